The van der Waals surface area contributed by atoms with E-state index in [-0.39, 0.29) is 11.4 Å². The van der Waals surface area contributed by atoms with E-state index in [1.165, 1.54) is 31.2 Å². The Morgan fingerprint density at radius 3 is 2.67 bits per heavy atom. The summed E-state index contributed by atoms with van der Waals surface area (Å²) in [6.45, 7) is 0.585. The zero-order chi connectivity index (χ0) is 17.9. The molecule has 0 aromatic heterocycles. The second kappa shape index (κ2) is 7.53. The highest BCUT2D eigenvalue weighted by Gasteiger charge is 2.46. The molecule has 1 aromatic rings. The van der Waals surface area contributed by atoms with Crippen molar-refractivity contribution in [2.45, 2.75) is 37.6 Å². The second-order valence-electron chi connectivity index (χ2n) is 5.27. The van der Waals surface area contributed by atoms with E-state index < -0.39 is 48.1 Å². The van der Waals surface area contributed by atoms with Gasteiger partial charge in [0, 0.05) is 13.0 Å². The van der Waals surface area contributed by atoms with E-state index in [0.29, 0.717) is 0 Å². The fourth-order valence-electron chi connectivity index (χ4n) is 2.47. The molecular weight excluding hydrogens is 324 g/mol. The fraction of sp³-hybridized carbons (Fsp3) is 0.500. The molecular formula is C14H18N2O8. The van der Waals surface area contributed by atoms with Crippen LogP contribution in [0, 0.1) is 10.1 Å². The summed E-state index contributed by atoms with van der Waals surface area (Å²) in [5.74, 6) is -0.653. The van der Waals surface area contributed by atoms with Gasteiger partial charge >= 0.3 is 5.69 Å². The van der Waals surface area contributed by atoms with Crippen molar-refractivity contribution in [3.8, 4) is 5.75 Å². The maximum Gasteiger partial charge on any atom is 0.310 e. The molecule has 4 N–H and O–H groups in total. The van der Waals surface area contributed by atoms with Crippen LogP contribution < -0.4 is 10.1 Å². The number of ether oxygens (including phenoxy) is 2. The van der Waals surface area contributed by atoms with Crippen molar-refractivity contribution in [2.75, 3.05) is 6.61 Å². The highest BCUT2D eigenvalue weighted by Crippen LogP contribution is 2.31. The zero-order valence-electron chi connectivity index (χ0n) is 12.7. The lowest BCUT2D eigenvalue weighted by Gasteiger charge is -2.42. The van der Waals surface area contributed by atoms with Gasteiger partial charge in [0.15, 0.2) is 18.1 Å². The molecule has 1 aliphatic heterocycles. The van der Waals surface area contributed by atoms with E-state index in [1.54, 1.807) is 0 Å². The quantitative estimate of drug-likeness (QED) is 0.389. The van der Waals surface area contributed by atoms with Gasteiger partial charge in [-0.1, -0.05) is 12.1 Å². The second-order valence-corrected chi connectivity index (χ2v) is 5.27. The minimum atomic E-state index is -1.56. The Kier molecular flexibility index (Phi) is 5.67. The van der Waals surface area contributed by atoms with Gasteiger partial charge in [0.05, 0.1) is 11.5 Å². The van der Waals surface area contributed by atoms with Gasteiger partial charge < -0.3 is 30.1 Å². The number of nitro benzene ring substituents is 1. The van der Waals surface area contributed by atoms with Crippen LogP contribution in [0.5, 0.6) is 5.75 Å². The number of nitrogens with zero attached hydrogens (tertiary/aromatic N) is 1. The van der Waals surface area contributed by atoms with E-state index >= 15 is 0 Å². The molecule has 10 heteroatoms. The molecule has 0 radical (unpaired) electrons. The summed E-state index contributed by atoms with van der Waals surface area (Å²) in [6, 6.07) is 4.30. The largest absolute Gasteiger partial charge is 0.478 e. The molecule has 0 spiro atoms. The molecule has 1 amide bonds. The molecule has 1 saturated heterocycles. The Hall–Kier alpha value is -2.27. The molecule has 0 aliphatic carbocycles. The lowest BCUT2D eigenvalue weighted by molar-refractivity contribution is -0.386. The van der Waals surface area contributed by atoms with Crippen molar-refractivity contribution in [3.05, 3.63) is 34.4 Å². The van der Waals surface area contributed by atoms with Gasteiger partial charge in [-0.25, -0.2) is 0 Å². The zero-order valence-corrected chi connectivity index (χ0v) is 12.7. The van der Waals surface area contributed by atoms with Crippen LogP contribution in [0.3, 0.4) is 0 Å². The molecule has 1 unspecified atom stereocenters. The predicted octanol–water partition coefficient (Wildman–Crippen LogP) is -1.08. The van der Waals surface area contributed by atoms with E-state index in [9.17, 15) is 30.2 Å². The Morgan fingerprint density at radius 1 is 1.42 bits per heavy atom. The summed E-state index contributed by atoms with van der Waals surface area (Å²) in [5, 5.41) is 43.0. The minimum absolute atomic E-state index is 0.133. The van der Waals surface area contributed by atoms with Crippen molar-refractivity contribution in [1.82, 2.24) is 5.32 Å². The van der Waals surface area contributed by atoms with Crippen molar-refractivity contribution in [3.63, 3.8) is 0 Å². The molecule has 1 aliphatic rings. The Bertz CT molecular complexity index is 610. The number of carbonyl (C=O) groups excluding carboxylic acids is 1. The smallest absolute Gasteiger partial charge is 0.310 e. The van der Waals surface area contributed by atoms with Crippen molar-refractivity contribution < 1.29 is 34.5 Å². The molecule has 1 heterocycles. The van der Waals surface area contributed by atoms with E-state index in [1.807, 2.05) is 0 Å². The van der Waals surface area contributed by atoms with Crippen LogP contribution in [0.4, 0.5) is 5.69 Å². The predicted molar refractivity (Wildman–Crippen MR) is 79.1 cm³/mol. The van der Waals surface area contributed by atoms with Gasteiger partial charge in [-0.05, 0) is 6.07 Å². The Morgan fingerprint density at radius 2 is 2.08 bits per heavy atom. The summed E-state index contributed by atoms with van der Waals surface area (Å²) >= 11 is 0. The van der Waals surface area contributed by atoms with Crippen LogP contribution in [0.1, 0.15) is 6.92 Å². The van der Waals surface area contributed by atoms with Gasteiger partial charge in [0.2, 0.25) is 5.91 Å². The number of benzene rings is 1. The summed E-state index contributed by atoms with van der Waals surface area (Å²) in [4.78, 5) is 21.6. The lowest BCUT2D eigenvalue weighted by Crippen LogP contribution is -2.65. The molecule has 132 valence electrons. The number of aliphatic hydroxyl groups is 3. The maximum absolute atomic E-state index is 11.2. The van der Waals surface area contributed by atoms with Gasteiger partial charge in [-0.2, -0.15) is 0 Å². The highest BCUT2D eigenvalue weighted by molar-refractivity contribution is 5.73. The summed E-state index contributed by atoms with van der Waals surface area (Å²) in [7, 11) is 0. The number of nitrogens with one attached hydrogen (secondary N) is 1. The topological polar surface area (TPSA) is 151 Å². The first-order chi connectivity index (χ1) is 11.3. The number of rotatable bonds is 5. The van der Waals surface area contributed by atoms with Crippen LogP contribution in [0.15, 0.2) is 24.3 Å². The van der Waals surface area contributed by atoms with Crippen molar-refractivity contribution in [2.24, 2.45) is 0 Å². The molecule has 10 nitrogen and oxygen atoms in total. The molecule has 5 atom stereocenters. The molecule has 1 aromatic carbocycles. The normalized spacial score (nSPS) is 29.8. The number of hydrogen-bond donors (Lipinski definition) is 4. The minimum Gasteiger partial charge on any atom is -0.478 e. The maximum atomic E-state index is 11.2. The number of amides is 1. The van der Waals surface area contributed by atoms with E-state index in [4.69, 9.17) is 9.47 Å². The molecule has 1 fully saturated rings. The van der Waals surface area contributed by atoms with Gasteiger partial charge in [-0.15, -0.1) is 0 Å². The van der Waals surface area contributed by atoms with E-state index in [2.05, 4.69) is 5.32 Å². The standard InChI is InChI=1S/C14H18N2O8/c1-7(18)15-11-12(19)13(10(6-17)24-14(11)20)23-9-5-3-2-4-8(9)16(21)22/h2-5,10-14,17,19-20H,6H2,1H3,(H,15,18)/t10-,11-,12-,13+,14?/m1/s1. The molecule has 0 saturated carbocycles. The number of nitro groups is 1. The number of para-hydroxylation sites is 2. The first kappa shape index (κ1) is 18.1. The van der Waals surface area contributed by atoms with Crippen LogP contribution in [0.2, 0.25) is 0 Å². The Labute approximate surface area is 136 Å². The third kappa shape index (κ3) is 3.79. The lowest BCUT2D eigenvalue weighted by atomic mass is 9.96. The van der Waals surface area contributed by atoms with Gasteiger partial charge in [0.25, 0.3) is 0 Å². The third-order valence-corrected chi connectivity index (χ3v) is 3.57. The summed E-state index contributed by atoms with van der Waals surface area (Å²) in [5.41, 5.74) is -0.330. The number of hydrogen-bond acceptors (Lipinski definition) is 8. The van der Waals surface area contributed by atoms with Crippen LogP contribution in [-0.4, -0.2) is 63.4 Å². The third-order valence-electron chi connectivity index (χ3n) is 3.57. The van der Waals surface area contributed by atoms with E-state index in [0.717, 1.165) is 0 Å². The Balaban J connectivity index is 2.28. The van der Waals surface area contributed by atoms with Crippen molar-refractivity contribution >= 4 is 11.6 Å². The summed E-state index contributed by atoms with van der Waals surface area (Å²) < 4.78 is 10.6. The summed E-state index contributed by atoms with van der Waals surface area (Å²) in [6.07, 6.45) is -5.41. The SMILES string of the molecule is CC(=O)N[C@H]1C(O)O[C@H](CO)[C@H](Oc2ccccc2[N+](=O)[O-])[C@@H]1O. The number of aliphatic hydroxyl groups excluding tert-OH is 3. The van der Waals surface area contributed by atoms with Crippen LogP contribution in [-0.2, 0) is 9.53 Å². The number of carbonyl (C=O) groups is 1. The average molecular weight is 342 g/mol. The van der Waals surface area contributed by atoms with Crippen molar-refractivity contribution in [1.29, 1.82) is 0 Å². The van der Waals surface area contributed by atoms with Crippen LogP contribution >= 0.6 is 0 Å². The highest BCUT2D eigenvalue weighted by atomic mass is 16.6. The molecule has 0 bridgehead atoms. The monoisotopic (exact) mass is 342 g/mol. The van der Waals surface area contributed by atoms with Crippen LogP contribution in [0.25, 0.3) is 0 Å². The first-order valence-corrected chi connectivity index (χ1v) is 7.14. The fourth-order valence-corrected chi connectivity index (χ4v) is 2.47. The molecule has 24 heavy (non-hydrogen) atoms. The van der Waals surface area contributed by atoms with Gasteiger partial charge in [0.1, 0.15) is 18.2 Å². The van der Waals surface area contributed by atoms with Gasteiger partial charge in [-0.3, -0.25) is 14.9 Å². The molecule has 2 rings (SSSR count). The average Bonchev–Trinajstić information content (AvgIpc) is 2.53. The first-order valence-electron chi connectivity index (χ1n) is 7.14.